The van der Waals surface area contributed by atoms with Gasteiger partial charge in [0.15, 0.2) is 5.60 Å². The average Bonchev–Trinajstić information content (AvgIpc) is 3.28. The van der Waals surface area contributed by atoms with Gasteiger partial charge in [-0.05, 0) is 23.3 Å². The molecule has 1 unspecified atom stereocenters. The first kappa shape index (κ1) is 26.4. The summed E-state index contributed by atoms with van der Waals surface area (Å²) in [5, 5.41) is 34.6. The molecule has 4 aliphatic rings. The second kappa shape index (κ2) is 9.65. The van der Waals surface area contributed by atoms with E-state index in [1.165, 1.54) is 7.11 Å². The molecule has 3 heterocycles. The highest BCUT2D eigenvalue weighted by molar-refractivity contribution is 6.65. The Morgan fingerprint density at radius 1 is 1.21 bits per heavy atom. The van der Waals surface area contributed by atoms with Crippen molar-refractivity contribution in [1.29, 1.82) is 5.26 Å². The molecule has 2 N–H and O–H groups in total. The van der Waals surface area contributed by atoms with E-state index in [2.05, 4.69) is 11.1 Å². The molecule has 7 nitrogen and oxygen atoms in total. The summed E-state index contributed by atoms with van der Waals surface area (Å²) >= 11 is 6.35. The molecule has 0 aromatic heterocycles. The van der Waals surface area contributed by atoms with Crippen LogP contribution in [0.3, 0.4) is 0 Å². The summed E-state index contributed by atoms with van der Waals surface area (Å²) < 4.78 is 39.0. The maximum atomic E-state index is 13.3. The number of alkyl halides is 2. The van der Waals surface area contributed by atoms with Gasteiger partial charge in [0.25, 0.3) is 0 Å². The summed E-state index contributed by atoms with van der Waals surface area (Å²) in [5.41, 5.74) is -1.37. The van der Waals surface area contributed by atoms with Crippen molar-refractivity contribution in [1.82, 2.24) is 4.90 Å². The van der Waals surface area contributed by atoms with Gasteiger partial charge in [-0.15, -0.1) is 0 Å². The van der Waals surface area contributed by atoms with E-state index < -0.39 is 47.6 Å². The molecule has 3 fully saturated rings. The molecule has 39 heavy (non-hydrogen) atoms. The normalized spacial score (nSPS) is 34.4. The molecule has 2 aromatic rings. The van der Waals surface area contributed by atoms with Crippen LogP contribution in [-0.2, 0) is 15.1 Å². The minimum absolute atomic E-state index is 0.0856. The minimum Gasteiger partial charge on any atom is -0.481 e. The summed E-state index contributed by atoms with van der Waals surface area (Å²) in [6.45, 7) is 0.693. The molecule has 1 aliphatic carbocycles. The molecule has 0 amide bonds. The van der Waals surface area contributed by atoms with Crippen LogP contribution in [-0.4, -0.2) is 71.3 Å². The van der Waals surface area contributed by atoms with E-state index in [-0.39, 0.29) is 37.1 Å². The highest BCUT2D eigenvalue weighted by Crippen LogP contribution is 2.68. The van der Waals surface area contributed by atoms with Crippen molar-refractivity contribution in [2.45, 2.75) is 42.2 Å². The standard InChI is InChI=1S/C29H28ClF2N3O4/c1-38-27-24-21(11-22(30)34-27)39-29(19-9-7-16(12-33)8-10-19)23(17-5-3-2-4-6-17)20(25(36)28(24,29)37)15-35-13-18(14-35)26(31)32/h2-10,18,20-21,23,25-26,36-37H,11,13-15H2,1H3/t20-,21?,23-,25-,28+,29+/m1/s1. The Hall–Kier alpha value is -2.87. The second-order valence-electron chi connectivity index (χ2n) is 10.7. The molecule has 0 spiro atoms. The quantitative estimate of drug-likeness (QED) is 0.563. The summed E-state index contributed by atoms with van der Waals surface area (Å²) in [7, 11) is 1.42. The first-order valence-corrected chi connectivity index (χ1v) is 13.3. The van der Waals surface area contributed by atoms with Gasteiger partial charge in [-0.3, -0.25) is 0 Å². The second-order valence-corrected chi connectivity index (χ2v) is 11.2. The monoisotopic (exact) mass is 555 g/mol. The number of rotatable bonds is 6. The Labute approximate surface area is 229 Å². The Morgan fingerprint density at radius 3 is 2.51 bits per heavy atom. The van der Waals surface area contributed by atoms with Crippen LogP contribution >= 0.6 is 11.6 Å². The number of hydrogen-bond donors (Lipinski definition) is 2. The SMILES string of the molecule is COC1=C2C(CC(Cl)=N1)O[C@@]1(c3ccc(C#N)cc3)[C@H](c3ccccc3)[C@@H](CN3CC(C(F)F)C3)[C@@H](O)[C@@]21O. The van der Waals surface area contributed by atoms with Crippen LogP contribution in [0.15, 0.2) is 71.0 Å². The van der Waals surface area contributed by atoms with Gasteiger partial charge in [-0.2, -0.15) is 5.26 Å². The van der Waals surface area contributed by atoms with E-state index in [9.17, 15) is 24.3 Å². The zero-order valence-corrected chi connectivity index (χ0v) is 21.9. The predicted octanol–water partition coefficient (Wildman–Crippen LogP) is 3.75. The fourth-order valence-electron chi connectivity index (χ4n) is 7.09. The number of hydrogen-bond acceptors (Lipinski definition) is 7. The third kappa shape index (κ3) is 3.77. The van der Waals surface area contributed by atoms with Crippen molar-refractivity contribution in [3.8, 4) is 6.07 Å². The van der Waals surface area contributed by atoms with Gasteiger partial charge in [0, 0.05) is 43.8 Å². The maximum Gasteiger partial charge on any atom is 0.243 e. The Balaban J connectivity index is 1.56. The van der Waals surface area contributed by atoms with Gasteiger partial charge in [0.2, 0.25) is 12.3 Å². The summed E-state index contributed by atoms with van der Waals surface area (Å²) in [5.74, 6) is -1.82. The van der Waals surface area contributed by atoms with Crippen LogP contribution in [0.2, 0.25) is 0 Å². The molecular weight excluding hydrogens is 528 g/mol. The van der Waals surface area contributed by atoms with Crippen molar-refractivity contribution in [3.05, 3.63) is 82.7 Å². The number of ether oxygens (including phenoxy) is 2. The number of aliphatic imine (C=N–C) groups is 1. The smallest absolute Gasteiger partial charge is 0.243 e. The van der Waals surface area contributed by atoms with Gasteiger partial charge >= 0.3 is 0 Å². The molecule has 3 aliphatic heterocycles. The van der Waals surface area contributed by atoms with Crippen LogP contribution in [0.1, 0.15) is 29.0 Å². The topological polar surface area (TPSA) is 98.3 Å². The summed E-state index contributed by atoms with van der Waals surface area (Å²) in [6.07, 6.45) is -4.30. The van der Waals surface area contributed by atoms with E-state index in [1.54, 1.807) is 24.3 Å². The van der Waals surface area contributed by atoms with Crippen molar-refractivity contribution in [2.24, 2.45) is 16.8 Å². The van der Waals surface area contributed by atoms with E-state index in [4.69, 9.17) is 21.1 Å². The van der Waals surface area contributed by atoms with Gasteiger partial charge in [0.05, 0.1) is 36.5 Å². The molecule has 2 saturated heterocycles. The maximum absolute atomic E-state index is 13.3. The number of nitriles is 1. The molecule has 2 aromatic carbocycles. The number of fused-ring (bicyclic) bond motifs is 3. The summed E-state index contributed by atoms with van der Waals surface area (Å²) in [4.78, 5) is 6.21. The lowest BCUT2D eigenvalue weighted by atomic mass is 9.70. The third-order valence-corrected chi connectivity index (χ3v) is 8.98. The van der Waals surface area contributed by atoms with Crippen LogP contribution < -0.4 is 0 Å². The first-order valence-electron chi connectivity index (χ1n) is 12.9. The average molecular weight is 556 g/mol. The molecule has 6 rings (SSSR count). The van der Waals surface area contributed by atoms with E-state index in [1.807, 2.05) is 35.2 Å². The Kier molecular flexibility index (Phi) is 6.52. The zero-order valence-electron chi connectivity index (χ0n) is 21.2. The number of benzene rings is 2. The minimum atomic E-state index is -2.41. The van der Waals surface area contributed by atoms with E-state index >= 15 is 0 Å². The number of halogens is 3. The number of aliphatic hydroxyl groups is 2. The fourth-order valence-corrected chi connectivity index (χ4v) is 7.31. The van der Waals surface area contributed by atoms with Crippen molar-refractivity contribution >= 4 is 16.8 Å². The van der Waals surface area contributed by atoms with Crippen molar-refractivity contribution in [3.63, 3.8) is 0 Å². The Bertz CT molecular complexity index is 1360. The highest BCUT2D eigenvalue weighted by atomic mass is 35.5. The lowest BCUT2D eigenvalue weighted by Crippen LogP contribution is -2.55. The fraction of sp³-hybridized carbons (Fsp3) is 0.448. The largest absolute Gasteiger partial charge is 0.481 e. The predicted molar refractivity (Wildman–Crippen MR) is 139 cm³/mol. The molecule has 0 bridgehead atoms. The molecule has 1 saturated carbocycles. The van der Waals surface area contributed by atoms with Crippen molar-refractivity contribution in [2.75, 3.05) is 26.7 Å². The lowest BCUT2D eigenvalue weighted by Gasteiger charge is -2.43. The molecule has 10 heteroatoms. The summed E-state index contributed by atoms with van der Waals surface area (Å²) in [6, 6.07) is 18.3. The number of aliphatic hydroxyl groups excluding tert-OH is 1. The molecule has 0 radical (unpaired) electrons. The van der Waals surface area contributed by atoms with E-state index in [0.717, 1.165) is 5.56 Å². The van der Waals surface area contributed by atoms with Crippen LogP contribution in [0.25, 0.3) is 0 Å². The highest BCUT2D eigenvalue weighted by Gasteiger charge is 2.78. The number of methoxy groups -OCH3 is 1. The lowest BCUT2D eigenvalue weighted by molar-refractivity contribution is -0.148. The first-order chi connectivity index (χ1) is 18.7. The molecule has 6 atom stereocenters. The molecule has 204 valence electrons. The van der Waals surface area contributed by atoms with Gasteiger partial charge in [-0.1, -0.05) is 54.1 Å². The Morgan fingerprint density at radius 2 is 1.90 bits per heavy atom. The molecular formula is C29H28ClF2N3O4. The van der Waals surface area contributed by atoms with Gasteiger partial charge in [0.1, 0.15) is 10.8 Å². The zero-order chi connectivity index (χ0) is 27.5. The van der Waals surface area contributed by atoms with Gasteiger partial charge in [-0.25, -0.2) is 13.8 Å². The van der Waals surface area contributed by atoms with Crippen molar-refractivity contribution < 1.29 is 28.5 Å². The number of likely N-dealkylation sites (tertiary alicyclic amines) is 1. The van der Waals surface area contributed by atoms with Gasteiger partial charge < -0.3 is 24.6 Å². The third-order valence-electron chi connectivity index (χ3n) is 8.74. The van der Waals surface area contributed by atoms with E-state index in [0.29, 0.717) is 16.7 Å². The number of nitrogens with zero attached hydrogens (tertiary/aromatic N) is 3. The van der Waals surface area contributed by atoms with Crippen LogP contribution in [0, 0.1) is 23.2 Å². The van der Waals surface area contributed by atoms with Crippen LogP contribution in [0.4, 0.5) is 8.78 Å². The van der Waals surface area contributed by atoms with Crippen LogP contribution in [0.5, 0.6) is 0 Å².